The van der Waals surface area contributed by atoms with Crippen LogP contribution in [0.2, 0.25) is 0 Å². The van der Waals surface area contributed by atoms with Crippen molar-refractivity contribution in [1.82, 2.24) is 14.8 Å². The van der Waals surface area contributed by atoms with Gasteiger partial charge in [0.1, 0.15) is 12.1 Å². The minimum Gasteiger partial charge on any atom is -0.469 e. The summed E-state index contributed by atoms with van der Waals surface area (Å²) in [6.07, 6.45) is 6.46. The maximum atomic E-state index is 12.0. The topological polar surface area (TPSA) is 70.2 Å². The Labute approximate surface area is 115 Å². The van der Waals surface area contributed by atoms with Crippen molar-refractivity contribution in [1.29, 1.82) is 0 Å². The van der Waals surface area contributed by atoms with Crippen LogP contribution < -0.4 is 0 Å². The Morgan fingerprint density at radius 2 is 2.40 bits per heavy atom. The van der Waals surface area contributed by atoms with Gasteiger partial charge in [-0.1, -0.05) is 0 Å². The first-order valence-electron chi connectivity index (χ1n) is 6.91. The van der Waals surface area contributed by atoms with Crippen molar-refractivity contribution in [3.63, 3.8) is 0 Å². The molecule has 0 N–H and O–H groups in total. The van der Waals surface area contributed by atoms with Crippen molar-refractivity contribution >= 4 is 5.97 Å². The summed E-state index contributed by atoms with van der Waals surface area (Å²) >= 11 is 0. The lowest BCUT2D eigenvalue weighted by Crippen LogP contribution is -2.11. The van der Waals surface area contributed by atoms with E-state index in [2.05, 4.69) is 10.2 Å². The summed E-state index contributed by atoms with van der Waals surface area (Å²) in [6.45, 7) is 0.205. The molecular formula is C14H15N3O3. The number of esters is 1. The van der Waals surface area contributed by atoms with Gasteiger partial charge in [0.25, 0.3) is 0 Å². The second-order valence-corrected chi connectivity index (χ2v) is 5.46. The first kappa shape index (κ1) is 11.7. The fourth-order valence-corrected chi connectivity index (χ4v) is 2.54. The number of furan rings is 1. The Morgan fingerprint density at radius 1 is 1.50 bits per heavy atom. The maximum absolute atomic E-state index is 12.0. The molecule has 4 rings (SSSR count). The summed E-state index contributed by atoms with van der Waals surface area (Å²) in [5, 5.41) is 7.90. The molecule has 0 aliphatic heterocycles. The lowest BCUT2D eigenvalue weighted by molar-refractivity contribution is -0.147. The number of rotatable bonds is 5. The molecular weight excluding hydrogens is 258 g/mol. The molecule has 20 heavy (non-hydrogen) atoms. The third-order valence-electron chi connectivity index (χ3n) is 3.93. The molecule has 104 valence electrons. The van der Waals surface area contributed by atoms with Crippen LogP contribution in [0.4, 0.5) is 0 Å². The van der Waals surface area contributed by atoms with Crippen LogP contribution >= 0.6 is 0 Å². The zero-order valence-electron chi connectivity index (χ0n) is 10.9. The van der Waals surface area contributed by atoms with Crippen molar-refractivity contribution in [2.24, 2.45) is 5.92 Å². The number of hydrogen-bond acceptors (Lipinski definition) is 5. The van der Waals surface area contributed by atoms with E-state index in [1.807, 2.05) is 16.7 Å². The summed E-state index contributed by atoms with van der Waals surface area (Å²) in [6, 6.07) is 4.24. The predicted molar refractivity (Wildman–Crippen MR) is 67.6 cm³/mol. The maximum Gasteiger partial charge on any atom is 0.310 e. The van der Waals surface area contributed by atoms with Crippen molar-refractivity contribution in [3.8, 4) is 0 Å². The third kappa shape index (κ3) is 2.11. The van der Waals surface area contributed by atoms with E-state index in [-0.39, 0.29) is 24.4 Å². The summed E-state index contributed by atoms with van der Waals surface area (Å²) in [5.74, 6) is 1.54. The molecule has 6 nitrogen and oxygen atoms in total. The number of hydrogen-bond donors (Lipinski definition) is 0. The molecule has 6 heteroatoms. The van der Waals surface area contributed by atoms with Crippen molar-refractivity contribution < 1.29 is 13.9 Å². The van der Waals surface area contributed by atoms with E-state index in [1.165, 1.54) is 0 Å². The molecule has 2 aliphatic carbocycles. The van der Waals surface area contributed by atoms with Crippen LogP contribution in [0.1, 0.15) is 42.8 Å². The van der Waals surface area contributed by atoms with E-state index in [0.717, 1.165) is 30.8 Å². The van der Waals surface area contributed by atoms with Gasteiger partial charge in [-0.15, -0.1) is 10.2 Å². The van der Waals surface area contributed by atoms with Gasteiger partial charge in [0.05, 0.1) is 12.2 Å². The van der Waals surface area contributed by atoms with Crippen LogP contribution in [-0.4, -0.2) is 20.7 Å². The molecule has 2 aromatic heterocycles. The van der Waals surface area contributed by atoms with Gasteiger partial charge >= 0.3 is 5.97 Å². The van der Waals surface area contributed by atoms with Crippen LogP contribution in [0.25, 0.3) is 0 Å². The average molecular weight is 273 g/mol. The minimum atomic E-state index is -0.170. The molecule has 2 aliphatic rings. The molecule has 0 amide bonds. The van der Waals surface area contributed by atoms with Crippen molar-refractivity contribution in [2.75, 3.05) is 0 Å². The van der Waals surface area contributed by atoms with Crippen molar-refractivity contribution in [3.05, 3.63) is 36.3 Å². The number of aromatic nitrogens is 3. The predicted octanol–water partition coefficient (Wildman–Crippen LogP) is 2.05. The van der Waals surface area contributed by atoms with Gasteiger partial charge in [0.2, 0.25) is 0 Å². The van der Waals surface area contributed by atoms with E-state index in [4.69, 9.17) is 9.15 Å². The fraction of sp³-hybridized carbons (Fsp3) is 0.500. The normalized spacial score (nSPS) is 24.6. The minimum absolute atomic E-state index is 0.0709. The van der Waals surface area contributed by atoms with E-state index in [0.29, 0.717) is 6.04 Å². The largest absolute Gasteiger partial charge is 0.469 e. The van der Waals surface area contributed by atoms with Gasteiger partial charge in [0.15, 0.2) is 12.4 Å². The van der Waals surface area contributed by atoms with Gasteiger partial charge < -0.3 is 13.7 Å². The first-order valence-corrected chi connectivity index (χ1v) is 6.91. The summed E-state index contributed by atoms with van der Waals surface area (Å²) < 4.78 is 12.7. The van der Waals surface area contributed by atoms with Gasteiger partial charge in [0, 0.05) is 12.0 Å². The number of carbonyl (C=O) groups excluding carboxylic acids is 1. The summed E-state index contributed by atoms with van der Waals surface area (Å²) in [4.78, 5) is 12.0. The number of ether oxygens (including phenoxy) is 1. The van der Waals surface area contributed by atoms with E-state index in [9.17, 15) is 4.79 Å². The molecule has 0 saturated heterocycles. The zero-order chi connectivity index (χ0) is 13.5. The molecule has 0 radical (unpaired) electrons. The van der Waals surface area contributed by atoms with Crippen LogP contribution in [0.15, 0.2) is 29.1 Å². The second kappa shape index (κ2) is 4.47. The first-order chi connectivity index (χ1) is 9.83. The van der Waals surface area contributed by atoms with E-state index < -0.39 is 0 Å². The standard InChI is InChI=1S/C14H15N3O3/c18-14(11-6-10(11)12-2-1-5-19-12)20-7-13-16-15-8-17(13)9-3-4-9/h1-2,5,8-11H,3-4,6-7H2. The van der Waals surface area contributed by atoms with E-state index >= 15 is 0 Å². The number of carbonyl (C=O) groups is 1. The Morgan fingerprint density at radius 3 is 3.15 bits per heavy atom. The highest BCUT2D eigenvalue weighted by Gasteiger charge is 2.47. The lowest BCUT2D eigenvalue weighted by Gasteiger charge is -2.05. The quantitative estimate of drug-likeness (QED) is 0.780. The SMILES string of the molecule is O=C(OCc1nncn1C1CC1)C1CC1c1ccco1. The highest BCUT2D eigenvalue weighted by molar-refractivity contribution is 5.77. The van der Waals surface area contributed by atoms with Crippen LogP contribution in [0.5, 0.6) is 0 Å². The molecule has 2 saturated carbocycles. The second-order valence-electron chi connectivity index (χ2n) is 5.46. The molecule has 0 bridgehead atoms. The molecule has 2 heterocycles. The average Bonchev–Trinajstić information content (AvgIpc) is 3.36. The van der Waals surface area contributed by atoms with Gasteiger partial charge in [-0.3, -0.25) is 4.79 Å². The smallest absolute Gasteiger partial charge is 0.310 e. The molecule has 0 aromatic carbocycles. The molecule has 2 aromatic rings. The van der Waals surface area contributed by atoms with Gasteiger partial charge in [-0.25, -0.2) is 0 Å². The molecule has 2 atom stereocenters. The van der Waals surface area contributed by atoms with E-state index in [1.54, 1.807) is 12.6 Å². The Bertz CT molecular complexity index is 615. The third-order valence-corrected chi connectivity index (χ3v) is 3.93. The Balaban J connectivity index is 1.34. The summed E-state index contributed by atoms with van der Waals surface area (Å²) in [5.41, 5.74) is 0. The Kier molecular flexibility index (Phi) is 2.61. The van der Waals surface area contributed by atoms with Gasteiger partial charge in [-0.2, -0.15) is 0 Å². The Hall–Kier alpha value is -2.11. The fourth-order valence-electron chi connectivity index (χ4n) is 2.54. The lowest BCUT2D eigenvalue weighted by atomic mass is 10.2. The molecule has 2 fully saturated rings. The zero-order valence-corrected chi connectivity index (χ0v) is 10.9. The monoisotopic (exact) mass is 273 g/mol. The summed E-state index contributed by atoms with van der Waals surface area (Å²) in [7, 11) is 0. The highest BCUT2D eigenvalue weighted by Crippen LogP contribution is 2.48. The van der Waals surface area contributed by atoms with Crippen LogP contribution in [-0.2, 0) is 16.1 Å². The van der Waals surface area contributed by atoms with Crippen LogP contribution in [0, 0.1) is 5.92 Å². The highest BCUT2D eigenvalue weighted by atomic mass is 16.5. The molecule has 0 spiro atoms. The number of nitrogens with zero attached hydrogens (tertiary/aromatic N) is 3. The van der Waals surface area contributed by atoms with Crippen LogP contribution in [0.3, 0.4) is 0 Å². The van der Waals surface area contributed by atoms with Gasteiger partial charge in [-0.05, 0) is 31.4 Å². The molecule has 2 unspecified atom stereocenters. The van der Waals surface area contributed by atoms with Crippen molar-refractivity contribution in [2.45, 2.75) is 37.8 Å².